The van der Waals surface area contributed by atoms with Crippen molar-refractivity contribution in [2.24, 2.45) is 5.92 Å². The van der Waals surface area contributed by atoms with Gasteiger partial charge in [0.2, 0.25) is 5.91 Å². The third-order valence-corrected chi connectivity index (χ3v) is 2.29. The van der Waals surface area contributed by atoms with E-state index in [9.17, 15) is 9.59 Å². The lowest BCUT2D eigenvalue weighted by molar-refractivity contribution is -0.142. The molecule has 16 heavy (non-hydrogen) atoms. The number of carbonyl (C=O) groups excluding carboxylic acids is 1. The van der Waals surface area contributed by atoms with Crippen LogP contribution in [-0.4, -0.2) is 17.0 Å². The summed E-state index contributed by atoms with van der Waals surface area (Å²) >= 11 is 5.68. The van der Waals surface area contributed by atoms with Gasteiger partial charge in [0.1, 0.15) is 0 Å². The van der Waals surface area contributed by atoms with Crippen LogP contribution in [0.5, 0.6) is 0 Å². The summed E-state index contributed by atoms with van der Waals surface area (Å²) in [5.74, 6) is -1.99. The number of halogens is 1. The molecule has 0 aliphatic rings. The Morgan fingerprint density at radius 2 is 1.94 bits per heavy atom. The van der Waals surface area contributed by atoms with Crippen LogP contribution in [0.3, 0.4) is 0 Å². The van der Waals surface area contributed by atoms with E-state index >= 15 is 0 Å². The van der Waals surface area contributed by atoms with Gasteiger partial charge in [0.25, 0.3) is 0 Å². The van der Waals surface area contributed by atoms with Crippen molar-refractivity contribution in [2.75, 3.05) is 5.32 Å². The predicted molar refractivity (Wildman–Crippen MR) is 61.5 cm³/mol. The van der Waals surface area contributed by atoms with Gasteiger partial charge in [-0.05, 0) is 24.3 Å². The molecule has 1 aromatic carbocycles. The highest BCUT2D eigenvalue weighted by atomic mass is 35.5. The summed E-state index contributed by atoms with van der Waals surface area (Å²) < 4.78 is 0. The van der Waals surface area contributed by atoms with E-state index in [1.165, 1.54) is 6.92 Å². The van der Waals surface area contributed by atoms with Crippen molar-refractivity contribution in [3.8, 4) is 0 Å². The number of rotatable bonds is 4. The molecule has 2 N–H and O–H groups in total. The standard InChI is InChI=1S/C11H12ClNO3/c1-7(11(15)16)6-10(14)13-9-4-2-8(12)3-5-9/h2-5,7H,6H2,1H3,(H,13,14)(H,15,16). The second-order valence-corrected chi connectivity index (χ2v) is 3.93. The molecule has 0 aliphatic carbocycles. The number of carboxylic acid groups (broad SMARTS) is 1. The van der Waals surface area contributed by atoms with E-state index in [0.717, 1.165) is 0 Å². The number of anilines is 1. The Kier molecular flexibility index (Phi) is 4.31. The smallest absolute Gasteiger partial charge is 0.306 e. The van der Waals surface area contributed by atoms with Gasteiger partial charge in [-0.25, -0.2) is 0 Å². The van der Waals surface area contributed by atoms with E-state index in [-0.39, 0.29) is 12.3 Å². The monoisotopic (exact) mass is 241 g/mol. The van der Waals surface area contributed by atoms with E-state index in [0.29, 0.717) is 10.7 Å². The van der Waals surface area contributed by atoms with Crippen LogP contribution in [0.4, 0.5) is 5.69 Å². The molecule has 86 valence electrons. The molecule has 0 radical (unpaired) electrons. The van der Waals surface area contributed by atoms with Crippen LogP contribution >= 0.6 is 11.6 Å². The van der Waals surface area contributed by atoms with E-state index in [4.69, 9.17) is 16.7 Å². The number of carbonyl (C=O) groups is 2. The Bertz CT molecular complexity index is 389. The number of aliphatic carboxylic acids is 1. The molecule has 4 nitrogen and oxygen atoms in total. The Morgan fingerprint density at radius 1 is 1.38 bits per heavy atom. The molecule has 0 aliphatic heterocycles. The molecule has 0 fully saturated rings. The fourth-order valence-corrected chi connectivity index (χ4v) is 1.24. The van der Waals surface area contributed by atoms with Gasteiger partial charge in [-0.3, -0.25) is 9.59 Å². The van der Waals surface area contributed by atoms with Gasteiger partial charge < -0.3 is 10.4 Å². The maximum absolute atomic E-state index is 11.4. The molecular weight excluding hydrogens is 230 g/mol. The first-order chi connectivity index (χ1) is 7.49. The van der Waals surface area contributed by atoms with Gasteiger partial charge >= 0.3 is 5.97 Å². The first-order valence-electron chi connectivity index (χ1n) is 4.77. The lowest BCUT2D eigenvalue weighted by Gasteiger charge is -2.07. The largest absolute Gasteiger partial charge is 0.481 e. The van der Waals surface area contributed by atoms with E-state index in [1.54, 1.807) is 24.3 Å². The normalized spacial score (nSPS) is 11.9. The first kappa shape index (κ1) is 12.5. The molecule has 1 unspecified atom stereocenters. The molecule has 0 saturated carbocycles. The number of hydrogen-bond acceptors (Lipinski definition) is 2. The van der Waals surface area contributed by atoms with E-state index in [2.05, 4.69) is 5.32 Å². The molecule has 0 bridgehead atoms. The highest BCUT2D eigenvalue weighted by molar-refractivity contribution is 6.30. The van der Waals surface area contributed by atoms with Crippen molar-refractivity contribution in [1.29, 1.82) is 0 Å². The topological polar surface area (TPSA) is 66.4 Å². The third-order valence-electron chi connectivity index (χ3n) is 2.04. The van der Waals surface area contributed by atoms with Crippen LogP contribution in [0.15, 0.2) is 24.3 Å². The maximum Gasteiger partial charge on any atom is 0.306 e. The van der Waals surface area contributed by atoms with Crippen molar-refractivity contribution in [3.05, 3.63) is 29.3 Å². The SMILES string of the molecule is CC(CC(=O)Nc1ccc(Cl)cc1)C(=O)O. The van der Waals surface area contributed by atoms with Crippen LogP contribution in [0, 0.1) is 5.92 Å². The summed E-state index contributed by atoms with van der Waals surface area (Å²) in [7, 11) is 0. The van der Waals surface area contributed by atoms with Crippen molar-refractivity contribution in [3.63, 3.8) is 0 Å². The summed E-state index contributed by atoms with van der Waals surface area (Å²) in [6, 6.07) is 6.62. The molecule has 0 heterocycles. The number of carboxylic acids is 1. The van der Waals surface area contributed by atoms with Gasteiger partial charge in [0.15, 0.2) is 0 Å². The molecule has 1 rings (SSSR count). The fraction of sp³-hybridized carbons (Fsp3) is 0.273. The molecule has 0 aromatic heterocycles. The van der Waals surface area contributed by atoms with Crippen LogP contribution < -0.4 is 5.32 Å². The van der Waals surface area contributed by atoms with Crippen molar-refractivity contribution in [2.45, 2.75) is 13.3 Å². The van der Waals surface area contributed by atoms with Gasteiger partial charge in [-0.15, -0.1) is 0 Å². The fourth-order valence-electron chi connectivity index (χ4n) is 1.11. The molecule has 1 atom stereocenters. The van der Waals surface area contributed by atoms with Gasteiger partial charge in [0.05, 0.1) is 5.92 Å². The second kappa shape index (κ2) is 5.51. The Labute approximate surface area is 98.2 Å². The molecule has 5 heteroatoms. The Hall–Kier alpha value is -1.55. The van der Waals surface area contributed by atoms with Crippen LogP contribution in [0.1, 0.15) is 13.3 Å². The Morgan fingerprint density at radius 3 is 2.44 bits per heavy atom. The van der Waals surface area contributed by atoms with Crippen molar-refractivity contribution in [1.82, 2.24) is 0 Å². The van der Waals surface area contributed by atoms with Crippen LogP contribution in [-0.2, 0) is 9.59 Å². The minimum atomic E-state index is -0.980. The molecule has 0 saturated heterocycles. The second-order valence-electron chi connectivity index (χ2n) is 3.50. The highest BCUT2D eigenvalue weighted by Gasteiger charge is 2.15. The average molecular weight is 242 g/mol. The number of nitrogens with one attached hydrogen (secondary N) is 1. The highest BCUT2D eigenvalue weighted by Crippen LogP contribution is 2.14. The minimum absolute atomic E-state index is 0.0437. The summed E-state index contributed by atoms with van der Waals surface area (Å²) in [6.07, 6.45) is -0.0437. The van der Waals surface area contributed by atoms with Crippen molar-refractivity contribution < 1.29 is 14.7 Å². The van der Waals surface area contributed by atoms with Crippen molar-refractivity contribution >= 4 is 29.2 Å². The quantitative estimate of drug-likeness (QED) is 0.851. The summed E-state index contributed by atoms with van der Waals surface area (Å²) in [5, 5.41) is 11.8. The number of amides is 1. The summed E-state index contributed by atoms with van der Waals surface area (Å²) in [6.45, 7) is 1.49. The zero-order chi connectivity index (χ0) is 12.1. The molecule has 1 aromatic rings. The van der Waals surface area contributed by atoms with Gasteiger partial charge in [0, 0.05) is 17.1 Å². The average Bonchev–Trinajstić information content (AvgIpc) is 2.21. The maximum atomic E-state index is 11.4. The predicted octanol–water partition coefficient (Wildman–Crippen LogP) is 2.39. The van der Waals surface area contributed by atoms with Gasteiger partial charge in [-0.1, -0.05) is 18.5 Å². The Balaban J connectivity index is 2.52. The first-order valence-corrected chi connectivity index (χ1v) is 5.15. The number of benzene rings is 1. The summed E-state index contributed by atoms with van der Waals surface area (Å²) in [5.41, 5.74) is 0.604. The van der Waals surface area contributed by atoms with Gasteiger partial charge in [-0.2, -0.15) is 0 Å². The van der Waals surface area contributed by atoms with E-state index in [1.807, 2.05) is 0 Å². The van der Waals surface area contributed by atoms with Crippen LogP contribution in [0.25, 0.3) is 0 Å². The number of hydrogen-bond donors (Lipinski definition) is 2. The molecule has 0 spiro atoms. The molecule has 1 amide bonds. The van der Waals surface area contributed by atoms with Crippen LogP contribution in [0.2, 0.25) is 5.02 Å². The lowest BCUT2D eigenvalue weighted by atomic mass is 10.1. The zero-order valence-electron chi connectivity index (χ0n) is 8.74. The summed E-state index contributed by atoms with van der Waals surface area (Å²) in [4.78, 5) is 21.9. The molecular formula is C11H12ClNO3. The minimum Gasteiger partial charge on any atom is -0.481 e. The van der Waals surface area contributed by atoms with E-state index < -0.39 is 11.9 Å². The third kappa shape index (κ3) is 3.90. The lowest BCUT2D eigenvalue weighted by Crippen LogP contribution is -2.19. The zero-order valence-corrected chi connectivity index (χ0v) is 9.49.